The van der Waals surface area contributed by atoms with E-state index in [9.17, 15) is 8.42 Å². The fourth-order valence-electron chi connectivity index (χ4n) is 2.21. The van der Waals surface area contributed by atoms with Gasteiger partial charge in [0, 0.05) is 12.1 Å². The van der Waals surface area contributed by atoms with Gasteiger partial charge in [0.25, 0.3) is 0 Å². The molecule has 0 aromatic rings. The van der Waals surface area contributed by atoms with Crippen LogP contribution in [0.4, 0.5) is 0 Å². The maximum absolute atomic E-state index is 11.5. The SMILES string of the molecule is CCNC1(CCO)CCCS(=O)(=O)C1. The van der Waals surface area contributed by atoms with Crippen LogP contribution in [-0.4, -0.2) is 43.7 Å². The predicted molar refractivity (Wildman–Crippen MR) is 56.0 cm³/mol. The Morgan fingerprint density at radius 2 is 2.21 bits per heavy atom. The lowest BCUT2D eigenvalue weighted by Gasteiger charge is -2.37. The minimum absolute atomic E-state index is 0.0442. The Kier molecular flexibility index (Phi) is 3.92. The van der Waals surface area contributed by atoms with Gasteiger partial charge in [-0.15, -0.1) is 0 Å². The summed E-state index contributed by atoms with van der Waals surface area (Å²) in [6, 6.07) is 0. The molecule has 84 valence electrons. The summed E-state index contributed by atoms with van der Waals surface area (Å²) in [5.74, 6) is 0.472. The van der Waals surface area contributed by atoms with Crippen LogP contribution in [0.15, 0.2) is 0 Å². The zero-order valence-corrected chi connectivity index (χ0v) is 9.44. The molecule has 1 aliphatic heterocycles. The molecule has 1 heterocycles. The molecule has 0 saturated carbocycles. The summed E-state index contributed by atoms with van der Waals surface area (Å²) in [6.07, 6.45) is 2.08. The van der Waals surface area contributed by atoms with Gasteiger partial charge >= 0.3 is 0 Å². The summed E-state index contributed by atoms with van der Waals surface area (Å²) in [5, 5.41) is 12.2. The molecule has 1 saturated heterocycles. The highest BCUT2D eigenvalue weighted by molar-refractivity contribution is 7.91. The average molecular weight is 221 g/mol. The Bertz CT molecular complexity index is 262. The molecule has 2 N–H and O–H groups in total. The molecule has 5 heteroatoms. The first kappa shape index (κ1) is 11.9. The Morgan fingerprint density at radius 3 is 2.71 bits per heavy atom. The first-order valence-electron chi connectivity index (χ1n) is 5.10. The summed E-state index contributed by atoms with van der Waals surface area (Å²) in [4.78, 5) is 0. The first-order chi connectivity index (χ1) is 6.54. The second kappa shape index (κ2) is 4.59. The molecular weight excluding hydrogens is 202 g/mol. The van der Waals surface area contributed by atoms with Crippen LogP contribution >= 0.6 is 0 Å². The quantitative estimate of drug-likeness (QED) is 0.697. The van der Waals surface area contributed by atoms with Crippen LogP contribution in [-0.2, 0) is 9.84 Å². The van der Waals surface area contributed by atoms with Crippen molar-refractivity contribution in [1.82, 2.24) is 5.32 Å². The van der Waals surface area contributed by atoms with Gasteiger partial charge in [-0.3, -0.25) is 0 Å². The summed E-state index contributed by atoms with van der Waals surface area (Å²) in [6.45, 7) is 2.75. The number of aliphatic hydroxyl groups is 1. The third kappa shape index (κ3) is 2.93. The van der Waals surface area contributed by atoms with Crippen LogP contribution in [0.5, 0.6) is 0 Å². The third-order valence-electron chi connectivity index (χ3n) is 2.75. The Balaban J connectivity index is 2.75. The van der Waals surface area contributed by atoms with Crippen molar-refractivity contribution < 1.29 is 13.5 Å². The molecule has 0 amide bonds. The van der Waals surface area contributed by atoms with Crippen LogP contribution < -0.4 is 5.32 Å². The van der Waals surface area contributed by atoms with E-state index in [0.29, 0.717) is 18.6 Å². The van der Waals surface area contributed by atoms with Gasteiger partial charge in [-0.2, -0.15) is 0 Å². The fraction of sp³-hybridized carbons (Fsp3) is 1.00. The molecule has 0 bridgehead atoms. The van der Waals surface area contributed by atoms with Gasteiger partial charge in [-0.05, 0) is 25.8 Å². The molecule has 1 aliphatic rings. The standard InChI is InChI=1S/C9H19NO3S/c1-2-10-9(5-6-11)4-3-7-14(12,13)8-9/h10-11H,2-8H2,1H3. The van der Waals surface area contributed by atoms with E-state index >= 15 is 0 Å². The molecule has 0 aromatic carbocycles. The highest BCUT2D eigenvalue weighted by Gasteiger charge is 2.37. The highest BCUT2D eigenvalue weighted by Crippen LogP contribution is 2.25. The lowest BCUT2D eigenvalue weighted by molar-refractivity contribution is 0.211. The van der Waals surface area contributed by atoms with Gasteiger partial charge < -0.3 is 10.4 Å². The van der Waals surface area contributed by atoms with Gasteiger partial charge in [-0.1, -0.05) is 6.92 Å². The molecule has 0 spiro atoms. The van der Waals surface area contributed by atoms with E-state index in [-0.39, 0.29) is 17.9 Å². The second-order valence-corrected chi connectivity index (χ2v) is 6.16. The van der Waals surface area contributed by atoms with Crippen LogP contribution in [0.25, 0.3) is 0 Å². The van der Waals surface area contributed by atoms with Crippen molar-refractivity contribution in [3.05, 3.63) is 0 Å². The summed E-state index contributed by atoms with van der Waals surface area (Å²) in [7, 11) is -2.91. The smallest absolute Gasteiger partial charge is 0.152 e. The molecule has 0 aliphatic carbocycles. The predicted octanol–water partition coefficient (Wildman–Crippen LogP) is -0.0743. The lowest BCUT2D eigenvalue weighted by Crippen LogP contribution is -2.54. The Hall–Kier alpha value is -0.130. The number of nitrogens with one attached hydrogen (secondary N) is 1. The maximum Gasteiger partial charge on any atom is 0.152 e. The zero-order chi connectivity index (χ0) is 10.7. The maximum atomic E-state index is 11.5. The molecule has 1 atom stereocenters. The average Bonchev–Trinajstić information content (AvgIpc) is 2.02. The Labute approximate surface area is 85.6 Å². The van der Waals surface area contributed by atoms with Crippen molar-refractivity contribution in [2.24, 2.45) is 0 Å². The molecule has 0 radical (unpaired) electrons. The van der Waals surface area contributed by atoms with Gasteiger partial charge in [-0.25, -0.2) is 8.42 Å². The number of hydrogen-bond acceptors (Lipinski definition) is 4. The van der Waals surface area contributed by atoms with Gasteiger partial charge in [0.15, 0.2) is 9.84 Å². The number of aliphatic hydroxyl groups excluding tert-OH is 1. The van der Waals surface area contributed by atoms with Crippen molar-refractivity contribution in [1.29, 1.82) is 0 Å². The van der Waals surface area contributed by atoms with E-state index < -0.39 is 9.84 Å². The van der Waals surface area contributed by atoms with E-state index in [2.05, 4.69) is 5.32 Å². The summed E-state index contributed by atoms with van der Waals surface area (Å²) < 4.78 is 23.0. The van der Waals surface area contributed by atoms with Crippen molar-refractivity contribution in [3.63, 3.8) is 0 Å². The van der Waals surface area contributed by atoms with Crippen molar-refractivity contribution in [2.45, 2.75) is 31.7 Å². The number of sulfone groups is 1. The molecule has 14 heavy (non-hydrogen) atoms. The molecule has 1 fully saturated rings. The monoisotopic (exact) mass is 221 g/mol. The van der Waals surface area contributed by atoms with E-state index in [0.717, 1.165) is 13.0 Å². The first-order valence-corrected chi connectivity index (χ1v) is 6.92. The van der Waals surface area contributed by atoms with Crippen molar-refractivity contribution in [3.8, 4) is 0 Å². The van der Waals surface area contributed by atoms with E-state index in [1.807, 2.05) is 6.92 Å². The van der Waals surface area contributed by atoms with Crippen LogP contribution in [0.2, 0.25) is 0 Å². The van der Waals surface area contributed by atoms with Crippen LogP contribution in [0, 0.1) is 0 Å². The summed E-state index contributed by atoms with van der Waals surface area (Å²) >= 11 is 0. The molecule has 0 aromatic heterocycles. The minimum atomic E-state index is -2.91. The van der Waals surface area contributed by atoms with Gasteiger partial charge in [0.2, 0.25) is 0 Å². The number of hydrogen-bond donors (Lipinski definition) is 2. The topological polar surface area (TPSA) is 66.4 Å². The summed E-state index contributed by atoms with van der Waals surface area (Å²) in [5.41, 5.74) is -0.374. The van der Waals surface area contributed by atoms with E-state index in [1.54, 1.807) is 0 Å². The van der Waals surface area contributed by atoms with Gasteiger partial charge in [0.1, 0.15) is 0 Å². The highest BCUT2D eigenvalue weighted by atomic mass is 32.2. The van der Waals surface area contributed by atoms with Crippen LogP contribution in [0.3, 0.4) is 0 Å². The normalized spacial score (nSPS) is 31.6. The Morgan fingerprint density at radius 1 is 1.50 bits per heavy atom. The largest absolute Gasteiger partial charge is 0.396 e. The molecule has 1 rings (SSSR count). The molecule has 4 nitrogen and oxygen atoms in total. The number of rotatable bonds is 4. The zero-order valence-electron chi connectivity index (χ0n) is 8.62. The van der Waals surface area contributed by atoms with E-state index in [4.69, 9.17) is 5.11 Å². The minimum Gasteiger partial charge on any atom is -0.396 e. The molecule has 1 unspecified atom stereocenters. The van der Waals surface area contributed by atoms with E-state index in [1.165, 1.54) is 0 Å². The van der Waals surface area contributed by atoms with Crippen LogP contribution in [0.1, 0.15) is 26.2 Å². The molecular formula is C9H19NO3S. The lowest BCUT2D eigenvalue weighted by atomic mass is 9.92. The second-order valence-electron chi connectivity index (χ2n) is 3.98. The fourth-order valence-corrected chi connectivity index (χ4v) is 4.17. The van der Waals surface area contributed by atoms with Crippen molar-refractivity contribution in [2.75, 3.05) is 24.7 Å². The van der Waals surface area contributed by atoms with Gasteiger partial charge in [0.05, 0.1) is 11.5 Å². The van der Waals surface area contributed by atoms with Crippen molar-refractivity contribution >= 4 is 9.84 Å². The third-order valence-corrected chi connectivity index (χ3v) is 4.65.